The lowest BCUT2D eigenvalue weighted by molar-refractivity contribution is 0.624. The highest BCUT2D eigenvalue weighted by molar-refractivity contribution is 7.85. The van der Waals surface area contributed by atoms with Crippen LogP contribution < -0.4 is 10.9 Å². The van der Waals surface area contributed by atoms with E-state index in [9.17, 15) is 9.00 Å². The molecule has 1 aromatic carbocycles. The predicted molar refractivity (Wildman–Crippen MR) is 81.4 cm³/mol. The molecule has 3 rings (SSSR count). The molecule has 20 heavy (non-hydrogen) atoms. The number of rotatable bonds is 3. The highest BCUT2D eigenvalue weighted by Crippen LogP contribution is 2.20. The predicted octanol–water partition coefficient (Wildman–Crippen LogP) is 1.69. The first kappa shape index (κ1) is 13.2. The third kappa shape index (κ3) is 3.01. The van der Waals surface area contributed by atoms with E-state index in [0.29, 0.717) is 6.04 Å². The lowest BCUT2D eigenvalue weighted by Gasteiger charge is -2.23. The summed E-state index contributed by atoms with van der Waals surface area (Å²) in [4.78, 5) is 11.1. The van der Waals surface area contributed by atoms with Crippen LogP contribution in [0.3, 0.4) is 0 Å². The van der Waals surface area contributed by atoms with Crippen LogP contribution in [0.5, 0.6) is 0 Å². The molecule has 0 spiro atoms. The molecule has 2 heterocycles. The normalized spacial score (nSPS) is 22.6. The van der Waals surface area contributed by atoms with Gasteiger partial charge in [0.25, 0.3) is 5.56 Å². The Balaban J connectivity index is 1.67. The van der Waals surface area contributed by atoms with Gasteiger partial charge in [-0.1, -0.05) is 12.1 Å². The standard InChI is InChI=1S/C14H17N3O2S/c18-14-9-13(16-17-14)10-1-3-11(4-2-10)15-12-5-7-20(19)8-6-12/h1-4,9,12,15H,5-8H2,(H2,16,17,18). The second kappa shape index (κ2) is 5.66. The smallest absolute Gasteiger partial charge is 0.264 e. The minimum atomic E-state index is -0.622. The van der Waals surface area contributed by atoms with Gasteiger partial charge in [0.15, 0.2) is 0 Å². The molecule has 0 bridgehead atoms. The highest BCUT2D eigenvalue weighted by Gasteiger charge is 2.17. The molecule has 0 aliphatic carbocycles. The van der Waals surface area contributed by atoms with Crippen molar-refractivity contribution in [1.82, 2.24) is 10.2 Å². The molecule has 1 fully saturated rings. The van der Waals surface area contributed by atoms with Crippen molar-refractivity contribution in [3.63, 3.8) is 0 Å². The summed E-state index contributed by atoms with van der Waals surface area (Å²) < 4.78 is 11.3. The maximum atomic E-state index is 11.3. The maximum absolute atomic E-state index is 11.3. The van der Waals surface area contributed by atoms with Gasteiger partial charge in [-0.3, -0.25) is 19.2 Å². The number of hydrogen-bond acceptors (Lipinski definition) is 3. The number of benzene rings is 1. The van der Waals surface area contributed by atoms with E-state index < -0.39 is 10.8 Å². The first-order chi connectivity index (χ1) is 9.70. The van der Waals surface area contributed by atoms with E-state index in [1.54, 1.807) is 6.07 Å². The Hall–Kier alpha value is -1.82. The Bertz CT molecular complexity index is 650. The van der Waals surface area contributed by atoms with E-state index in [1.807, 2.05) is 24.3 Å². The van der Waals surface area contributed by atoms with Gasteiger partial charge in [0.05, 0.1) is 5.69 Å². The van der Waals surface area contributed by atoms with Crippen LogP contribution in [0.25, 0.3) is 11.3 Å². The van der Waals surface area contributed by atoms with Crippen LogP contribution in [0.1, 0.15) is 12.8 Å². The second-order valence-corrected chi connectivity index (χ2v) is 6.71. The zero-order valence-electron chi connectivity index (χ0n) is 11.0. The number of H-pyrrole nitrogens is 2. The number of aromatic amines is 2. The fraction of sp³-hybridized carbons (Fsp3) is 0.357. The molecule has 6 heteroatoms. The van der Waals surface area contributed by atoms with Gasteiger partial charge < -0.3 is 5.32 Å². The molecule has 1 aliphatic rings. The SMILES string of the molecule is O=c1cc(-c2ccc(NC3CCS(=O)CC3)cc2)[nH][nH]1. The molecular formula is C14H17N3O2S. The lowest BCUT2D eigenvalue weighted by atomic mass is 10.1. The molecule has 106 valence electrons. The quantitative estimate of drug-likeness (QED) is 0.805. The van der Waals surface area contributed by atoms with Crippen molar-refractivity contribution in [2.75, 3.05) is 16.8 Å². The Labute approximate surface area is 119 Å². The zero-order valence-corrected chi connectivity index (χ0v) is 11.8. The molecule has 0 saturated carbocycles. The van der Waals surface area contributed by atoms with Gasteiger partial charge in [0, 0.05) is 40.1 Å². The van der Waals surface area contributed by atoms with Crippen molar-refractivity contribution in [1.29, 1.82) is 0 Å². The Morgan fingerprint density at radius 2 is 1.80 bits per heavy atom. The molecule has 5 nitrogen and oxygen atoms in total. The van der Waals surface area contributed by atoms with Gasteiger partial charge in [-0.2, -0.15) is 0 Å². The third-order valence-electron chi connectivity index (χ3n) is 3.55. The van der Waals surface area contributed by atoms with Crippen LogP contribution in [-0.4, -0.2) is 32.0 Å². The Morgan fingerprint density at radius 1 is 1.10 bits per heavy atom. The number of anilines is 1. The number of hydrogen-bond donors (Lipinski definition) is 3. The molecule has 0 unspecified atom stereocenters. The summed E-state index contributed by atoms with van der Waals surface area (Å²) in [6.07, 6.45) is 1.92. The Kier molecular flexibility index (Phi) is 3.73. The van der Waals surface area contributed by atoms with Gasteiger partial charge in [-0.25, -0.2) is 0 Å². The van der Waals surface area contributed by atoms with Crippen molar-refractivity contribution in [3.05, 3.63) is 40.7 Å². The molecule has 1 aliphatic heterocycles. The minimum Gasteiger partial charge on any atom is -0.382 e. The lowest BCUT2D eigenvalue weighted by Crippen LogP contribution is -2.29. The van der Waals surface area contributed by atoms with Crippen LogP contribution in [0.4, 0.5) is 5.69 Å². The minimum absolute atomic E-state index is 0.127. The monoisotopic (exact) mass is 291 g/mol. The molecule has 0 atom stereocenters. The fourth-order valence-corrected chi connectivity index (χ4v) is 3.71. The molecule has 0 amide bonds. The topological polar surface area (TPSA) is 77.8 Å². The summed E-state index contributed by atoms with van der Waals surface area (Å²) >= 11 is 0. The summed E-state index contributed by atoms with van der Waals surface area (Å²) in [5.74, 6) is 1.58. The molecule has 1 saturated heterocycles. The Morgan fingerprint density at radius 3 is 2.40 bits per heavy atom. The first-order valence-electron chi connectivity index (χ1n) is 6.70. The van der Waals surface area contributed by atoms with E-state index in [2.05, 4.69) is 15.5 Å². The van der Waals surface area contributed by atoms with Crippen molar-refractivity contribution in [3.8, 4) is 11.3 Å². The van der Waals surface area contributed by atoms with Crippen molar-refractivity contribution < 1.29 is 4.21 Å². The van der Waals surface area contributed by atoms with Crippen LogP contribution in [0.15, 0.2) is 35.1 Å². The van der Waals surface area contributed by atoms with Gasteiger partial charge in [-0.15, -0.1) is 0 Å². The van der Waals surface area contributed by atoms with Gasteiger partial charge in [-0.05, 0) is 30.5 Å². The van der Waals surface area contributed by atoms with E-state index in [4.69, 9.17) is 0 Å². The number of nitrogens with one attached hydrogen (secondary N) is 3. The third-order valence-corrected chi connectivity index (χ3v) is 4.93. The highest BCUT2D eigenvalue weighted by atomic mass is 32.2. The van der Waals surface area contributed by atoms with Gasteiger partial charge in [0.2, 0.25) is 0 Å². The summed E-state index contributed by atoms with van der Waals surface area (Å²) in [7, 11) is -0.622. The molecule has 2 aromatic rings. The van der Waals surface area contributed by atoms with Crippen molar-refractivity contribution >= 4 is 16.5 Å². The van der Waals surface area contributed by atoms with Gasteiger partial charge >= 0.3 is 0 Å². The summed E-state index contributed by atoms with van der Waals surface area (Å²) in [5.41, 5.74) is 2.69. The maximum Gasteiger partial charge on any atom is 0.264 e. The molecular weight excluding hydrogens is 274 g/mol. The van der Waals surface area contributed by atoms with Crippen LogP contribution in [0, 0.1) is 0 Å². The molecule has 1 aromatic heterocycles. The van der Waals surface area contributed by atoms with E-state index in [1.165, 1.54) is 0 Å². The van der Waals surface area contributed by atoms with Crippen molar-refractivity contribution in [2.45, 2.75) is 18.9 Å². The molecule has 3 N–H and O–H groups in total. The fourth-order valence-electron chi connectivity index (χ4n) is 2.41. The average molecular weight is 291 g/mol. The largest absolute Gasteiger partial charge is 0.382 e. The summed E-state index contributed by atoms with van der Waals surface area (Å²) in [6.45, 7) is 0. The van der Waals surface area contributed by atoms with Crippen LogP contribution in [0.2, 0.25) is 0 Å². The van der Waals surface area contributed by atoms with E-state index >= 15 is 0 Å². The second-order valence-electron chi connectivity index (χ2n) is 5.02. The summed E-state index contributed by atoms with van der Waals surface area (Å²) in [6, 6.07) is 9.91. The van der Waals surface area contributed by atoms with Crippen molar-refractivity contribution in [2.24, 2.45) is 0 Å². The van der Waals surface area contributed by atoms with Crippen LogP contribution >= 0.6 is 0 Å². The van der Waals surface area contributed by atoms with E-state index in [0.717, 1.165) is 41.3 Å². The summed E-state index contributed by atoms with van der Waals surface area (Å²) in [5, 5.41) is 8.83. The zero-order chi connectivity index (χ0) is 13.9. The van der Waals surface area contributed by atoms with E-state index in [-0.39, 0.29) is 5.56 Å². The first-order valence-corrected chi connectivity index (χ1v) is 8.19. The van der Waals surface area contributed by atoms with Gasteiger partial charge in [0.1, 0.15) is 0 Å². The average Bonchev–Trinajstić information content (AvgIpc) is 2.89. The number of aromatic nitrogens is 2. The molecule has 0 radical (unpaired) electrons. The van der Waals surface area contributed by atoms with Crippen LogP contribution in [-0.2, 0) is 10.8 Å².